The standard InChI is InChI=1S/C16H22N2O/c1-5-17-15(11(2)3)14-10-18-16(19-4)13-9-7-6-8-12(13)14/h6-11,15,17H,5H2,1-4H3. The predicted molar refractivity (Wildman–Crippen MR) is 79.6 cm³/mol. The summed E-state index contributed by atoms with van der Waals surface area (Å²) in [5, 5.41) is 5.84. The van der Waals surface area contributed by atoms with Crippen LogP contribution in [-0.2, 0) is 0 Å². The largest absolute Gasteiger partial charge is 0.481 e. The highest BCUT2D eigenvalue weighted by atomic mass is 16.5. The van der Waals surface area contributed by atoms with Crippen LogP contribution in [0.4, 0.5) is 0 Å². The van der Waals surface area contributed by atoms with Gasteiger partial charge in [0.2, 0.25) is 5.88 Å². The van der Waals surface area contributed by atoms with Crippen molar-refractivity contribution in [2.45, 2.75) is 26.8 Å². The highest BCUT2D eigenvalue weighted by molar-refractivity contribution is 5.89. The average Bonchev–Trinajstić information content (AvgIpc) is 2.43. The molecule has 0 aliphatic rings. The molecule has 3 heteroatoms. The van der Waals surface area contributed by atoms with Gasteiger partial charge in [0.15, 0.2) is 0 Å². The number of pyridine rings is 1. The first-order valence-corrected chi connectivity index (χ1v) is 6.84. The Kier molecular flexibility index (Phi) is 4.38. The zero-order chi connectivity index (χ0) is 13.8. The summed E-state index contributed by atoms with van der Waals surface area (Å²) in [6.07, 6.45) is 1.94. The molecule has 0 spiro atoms. The summed E-state index contributed by atoms with van der Waals surface area (Å²) in [4.78, 5) is 4.45. The fraction of sp³-hybridized carbons (Fsp3) is 0.438. The topological polar surface area (TPSA) is 34.2 Å². The third-order valence-electron chi connectivity index (χ3n) is 3.41. The van der Waals surface area contributed by atoms with Crippen LogP contribution in [0, 0.1) is 5.92 Å². The van der Waals surface area contributed by atoms with E-state index in [0.29, 0.717) is 17.8 Å². The number of hydrogen-bond acceptors (Lipinski definition) is 3. The summed E-state index contributed by atoms with van der Waals surface area (Å²) in [5.74, 6) is 1.21. The second-order valence-corrected chi connectivity index (χ2v) is 5.05. The summed E-state index contributed by atoms with van der Waals surface area (Å²) < 4.78 is 5.35. The normalized spacial score (nSPS) is 12.9. The van der Waals surface area contributed by atoms with E-state index in [4.69, 9.17) is 4.74 Å². The molecular weight excluding hydrogens is 236 g/mol. The van der Waals surface area contributed by atoms with E-state index >= 15 is 0 Å². The Labute approximate surface area is 115 Å². The maximum absolute atomic E-state index is 5.35. The van der Waals surface area contributed by atoms with Crippen LogP contribution in [0.3, 0.4) is 0 Å². The van der Waals surface area contributed by atoms with Gasteiger partial charge in [0, 0.05) is 17.6 Å². The van der Waals surface area contributed by atoms with Crippen LogP contribution < -0.4 is 10.1 Å². The number of rotatable bonds is 5. The maximum Gasteiger partial charge on any atom is 0.221 e. The molecule has 1 aromatic heterocycles. The highest BCUT2D eigenvalue weighted by Crippen LogP contribution is 2.32. The van der Waals surface area contributed by atoms with Gasteiger partial charge in [-0.3, -0.25) is 0 Å². The molecule has 0 fully saturated rings. The van der Waals surface area contributed by atoms with Crippen molar-refractivity contribution in [3.63, 3.8) is 0 Å². The molecule has 1 heterocycles. The monoisotopic (exact) mass is 258 g/mol. The number of hydrogen-bond donors (Lipinski definition) is 1. The van der Waals surface area contributed by atoms with E-state index in [-0.39, 0.29) is 0 Å². The van der Waals surface area contributed by atoms with Crippen molar-refractivity contribution in [2.24, 2.45) is 5.92 Å². The Morgan fingerprint density at radius 3 is 2.47 bits per heavy atom. The van der Waals surface area contributed by atoms with Crippen molar-refractivity contribution in [1.82, 2.24) is 10.3 Å². The molecule has 1 N–H and O–H groups in total. The van der Waals surface area contributed by atoms with Crippen molar-refractivity contribution < 1.29 is 4.74 Å². The van der Waals surface area contributed by atoms with Crippen LogP contribution >= 0.6 is 0 Å². The molecule has 102 valence electrons. The van der Waals surface area contributed by atoms with E-state index in [0.717, 1.165) is 11.9 Å². The molecule has 1 unspecified atom stereocenters. The maximum atomic E-state index is 5.35. The Bertz CT molecular complexity index is 551. The van der Waals surface area contributed by atoms with Gasteiger partial charge in [0.25, 0.3) is 0 Å². The first kappa shape index (κ1) is 13.8. The van der Waals surface area contributed by atoms with E-state index in [9.17, 15) is 0 Å². The van der Waals surface area contributed by atoms with Crippen LogP contribution in [0.5, 0.6) is 5.88 Å². The predicted octanol–water partition coefficient (Wildman–Crippen LogP) is 3.55. The number of nitrogens with zero attached hydrogens (tertiary/aromatic N) is 1. The number of methoxy groups -OCH3 is 1. The molecule has 0 saturated heterocycles. The van der Waals surface area contributed by atoms with Gasteiger partial charge in [-0.05, 0) is 29.5 Å². The molecule has 0 amide bonds. The molecule has 19 heavy (non-hydrogen) atoms. The Hall–Kier alpha value is -1.61. The number of ether oxygens (including phenoxy) is 1. The minimum Gasteiger partial charge on any atom is -0.481 e. The van der Waals surface area contributed by atoms with Gasteiger partial charge < -0.3 is 10.1 Å². The quantitative estimate of drug-likeness (QED) is 0.890. The number of aromatic nitrogens is 1. The number of fused-ring (bicyclic) bond motifs is 1. The first-order valence-electron chi connectivity index (χ1n) is 6.84. The van der Waals surface area contributed by atoms with Crippen molar-refractivity contribution in [2.75, 3.05) is 13.7 Å². The van der Waals surface area contributed by atoms with Crippen molar-refractivity contribution in [3.05, 3.63) is 36.0 Å². The smallest absolute Gasteiger partial charge is 0.221 e. The zero-order valence-corrected chi connectivity index (χ0v) is 12.1. The van der Waals surface area contributed by atoms with Gasteiger partial charge in [-0.15, -0.1) is 0 Å². The molecule has 0 radical (unpaired) electrons. The van der Waals surface area contributed by atoms with Crippen LogP contribution in [0.2, 0.25) is 0 Å². The van der Waals surface area contributed by atoms with Gasteiger partial charge in [0.1, 0.15) is 0 Å². The molecule has 0 aliphatic heterocycles. The zero-order valence-electron chi connectivity index (χ0n) is 12.1. The lowest BCUT2D eigenvalue weighted by molar-refractivity contribution is 0.399. The van der Waals surface area contributed by atoms with E-state index in [1.165, 1.54) is 10.9 Å². The minimum atomic E-state index is 0.313. The van der Waals surface area contributed by atoms with Gasteiger partial charge in [-0.1, -0.05) is 39.0 Å². The lowest BCUT2D eigenvalue weighted by atomic mass is 9.93. The minimum absolute atomic E-state index is 0.313. The average molecular weight is 258 g/mol. The summed E-state index contributed by atoms with van der Waals surface area (Å²) in [7, 11) is 1.67. The summed E-state index contributed by atoms with van der Waals surface area (Å²) >= 11 is 0. The first-order chi connectivity index (χ1) is 9.19. The molecule has 1 aromatic carbocycles. The number of nitrogens with one attached hydrogen (secondary N) is 1. The lowest BCUT2D eigenvalue weighted by Gasteiger charge is -2.23. The fourth-order valence-corrected chi connectivity index (χ4v) is 2.52. The van der Waals surface area contributed by atoms with E-state index in [1.807, 2.05) is 12.3 Å². The molecule has 0 bridgehead atoms. The van der Waals surface area contributed by atoms with Crippen LogP contribution in [0.25, 0.3) is 10.8 Å². The number of benzene rings is 1. The molecule has 2 aromatic rings. The van der Waals surface area contributed by atoms with Crippen LogP contribution in [0.1, 0.15) is 32.4 Å². The highest BCUT2D eigenvalue weighted by Gasteiger charge is 2.18. The SMILES string of the molecule is CCNC(c1cnc(OC)c2ccccc12)C(C)C. The molecule has 2 rings (SSSR count). The van der Waals surface area contributed by atoms with E-state index in [1.54, 1.807) is 7.11 Å². The van der Waals surface area contributed by atoms with E-state index < -0.39 is 0 Å². The second-order valence-electron chi connectivity index (χ2n) is 5.05. The molecule has 0 saturated carbocycles. The van der Waals surface area contributed by atoms with Gasteiger partial charge in [-0.2, -0.15) is 0 Å². The van der Waals surface area contributed by atoms with E-state index in [2.05, 4.69) is 49.3 Å². The second kappa shape index (κ2) is 6.02. The summed E-state index contributed by atoms with van der Waals surface area (Å²) in [6, 6.07) is 8.60. The Morgan fingerprint density at radius 2 is 1.89 bits per heavy atom. The Balaban J connectivity index is 2.60. The van der Waals surface area contributed by atoms with Crippen molar-refractivity contribution in [1.29, 1.82) is 0 Å². The third-order valence-corrected chi connectivity index (χ3v) is 3.41. The van der Waals surface area contributed by atoms with Gasteiger partial charge >= 0.3 is 0 Å². The van der Waals surface area contributed by atoms with Crippen molar-refractivity contribution in [3.8, 4) is 5.88 Å². The third kappa shape index (κ3) is 2.71. The molecule has 1 atom stereocenters. The Morgan fingerprint density at radius 1 is 1.21 bits per heavy atom. The van der Waals surface area contributed by atoms with Gasteiger partial charge in [0.05, 0.1) is 7.11 Å². The van der Waals surface area contributed by atoms with Crippen LogP contribution in [0.15, 0.2) is 30.5 Å². The van der Waals surface area contributed by atoms with Crippen LogP contribution in [-0.4, -0.2) is 18.6 Å². The van der Waals surface area contributed by atoms with Gasteiger partial charge in [-0.25, -0.2) is 4.98 Å². The fourth-order valence-electron chi connectivity index (χ4n) is 2.52. The van der Waals surface area contributed by atoms with Crippen molar-refractivity contribution >= 4 is 10.8 Å². The summed E-state index contributed by atoms with van der Waals surface area (Å²) in [6.45, 7) is 7.54. The molecule has 3 nitrogen and oxygen atoms in total. The molecular formula is C16H22N2O. The molecule has 0 aliphatic carbocycles. The lowest BCUT2D eigenvalue weighted by Crippen LogP contribution is -2.25. The summed E-state index contributed by atoms with van der Waals surface area (Å²) in [5.41, 5.74) is 1.24.